The predicted octanol–water partition coefficient (Wildman–Crippen LogP) is 13.6. The maximum atomic E-state index is 6.95. The fourth-order valence-electron chi connectivity index (χ4n) is 8.36. The molecule has 0 saturated carbocycles. The number of rotatable bonds is 4. The van der Waals surface area contributed by atoms with Gasteiger partial charge in [-0.15, -0.1) is 0 Å². The Labute approximate surface area is 291 Å². The molecule has 1 aliphatic rings. The van der Waals surface area contributed by atoms with E-state index in [4.69, 9.17) is 4.42 Å². The highest BCUT2D eigenvalue weighted by Gasteiger charge is 2.36. The second kappa shape index (κ2) is 10.7. The van der Waals surface area contributed by atoms with Gasteiger partial charge in [0.25, 0.3) is 0 Å². The van der Waals surface area contributed by atoms with Crippen molar-refractivity contribution >= 4 is 60.5 Å². The first-order valence-electron chi connectivity index (χ1n) is 17.4. The van der Waals surface area contributed by atoms with E-state index in [2.05, 4.69) is 183 Å². The summed E-state index contributed by atoms with van der Waals surface area (Å²) in [6.45, 7) is 6.90. The minimum Gasteiger partial charge on any atom is -0.453 e. The molecule has 0 fully saturated rings. The molecule has 1 aromatic heterocycles. The van der Waals surface area contributed by atoms with Gasteiger partial charge in [-0.25, -0.2) is 0 Å². The number of anilines is 3. The molecule has 1 aliphatic carbocycles. The molecule has 0 N–H and O–H groups in total. The molecule has 0 radical (unpaired) electrons. The summed E-state index contributed by atoms with van der Waals surface area (Å²) in [5.74, 6) is 0. The Bertz CT molecular complexity index is 2800. The van der Waals surface area contributed by atoms with Crippen LogP contribution in [0.4, 0.5) is 17.1 Å². The van der Waals surface area contributed by atoms with E-state index in [1.165, 1.54) is 54.9 Å². The standard InChI is InChI=1S/C48H35NO/c1-30-13-7-10-18-37(30)38-19-11-20-39-40-21-12-22-45(47(40)50-46(38)39)49(35-16-5-4-6-17-35)36-24-23-33-27-42-41-26-31-14-8-9-15-32(31)28-43(41)48(2,3)44(42)29-34(33)25-36/h4-29H,1-3H3. The lowest BCUT2D eigenvalue weighted by atomic mass is 9.81. The number of para-hydroxylation sites is 3. The van der Waals surface area contributed by atoms with Crippen LogP contribution in [0.5, 0.6) is 0 Å². The molecule has 9 aromatic rings. The molecule has 0 amide bonds. The highest BCUT2D eigenvalue weighted by Crippen LogP contribution is 2.52. The maximum absolute atomic E-state index is 6.95. The summed E-state index contributed by atoms with van der Waals surface area (Å²) in [4.78, 5) is 2.34. The quantitative estimate of drug-likeness (QED) is 0.190. The average Bonchev–Trinajstić information content (AvgIpc) is 3.63. The lowest BCUT2D eigenvalue weighted by molar-refractivity contribution is 0.662. The normalized spacial score (nSPS) is 13.3. The summed E-state index contributed by atoms with van der Waals surface area (Å²) in [6.07, 6.45) is 0. The smallest absolute Gasteiger partial charge is 0.159 e. The van der Waals surface area contributed by atoms with Gasteiger partial charge in [-0.05, 0) is 116 Å². The molecule has 0 aliphatic heterocycles. The Hall–Kier alpha value is -6.12. The van der Waals surface area contributed by atoms with Crippen LogP contribution in [0, 0.1) is 6.92 Å². The molecule has 0 bridgehead atoms. The topological polar surface area (TPSA) is 16.4 Å². The van der Waals surface area contributed by atoms with Gasteiger partial charge in [0.05, 0.1) is 5.69 Å². The minimum absolute atomic E-state index is 0.104. The second-order valence-corrected chi connectivity index (χ2v) is 14.2. The van der Waals surface area contributed by atoms with E-state index < -0.39 is 0 Å². The third-order valence-corrected chi connectivity index (χ3v) is 10.9. The van der Waals surface area contributed by atoms with Crippen molar-refractivity contribution in [3.05, 3.63) is 174 Å². The lowest BCUT2D eigenvalue weighted by Gasteiger charge is -2.26. The van der Waals surface area contributed by atoms with Crippen molar-refractivity contribution in [1.82, 2.24) is 0 Å². The Kier molecular flexibility index (Phi) is 6.17. The van der Waals surface area contributed by atoms with Crippen LogP contribution in [-0.2, 0) is 5.41 Å². The van der Waals surface area contributed by atoms with Crippen LogP contribution in [0.15, 0.2) is 162 Å². The van der Waals surface area contributed by atoms with E-state index in [9.17, 15) is 0 Å². The highest BCUT2D eigenvalue weighted by molar-refractivity contribution is 6.14. The molecule has 2 nitrogen and oxygen atoms in total. The fourth-order valence-corrected chi connectivity index (χ4v) is 8.36. The van der Waals surface area contributed by atoms with Crippen molar-refractivity contribution < 1.29 is 4.42 Å². The Morgan fingerprint density at radius 2 is 1.04 bits per heavy atom. The van der Waals surface area contributed by atoms with Gasteiger partial charge < -0.3 is 9.32 Å². The second-order valence-electron chi connectivity index (χ2n) is 14.2. The molecule has 0 spiro atoms. The molecule has 8 aromatic carbocycles. The largest absolute Gasteiger partial charge is 0.453 e. The number of benzene rings is 8. The summed E-state index contributed by atoms with van der Waals surface area (Å²) in [7, 11) is 0. The van der Waals surface area contributed by atoms with Gasteiger partial charge in [0.2, 0.25) is 0 Å². The summed E-state index contributed by atoms with van der Waals surface area (Å²) >= 11 is 0. The van der Waals surface area contributed by atoms with Gasteiger partial charge in [0.1, 0.15) is 5.58 Å². The third kappa shape index (κ3) is 4.21. The van der Waals surface area contributed by atoms with Crippen molar-refractivity contribution in [2.24, 2.45) is 0 Å². The van der Waals surface area contributed by atoms with Gasteiger partial charge in [-0.3, -0.25) is 0 Å². The van der Waals surface area contributed by atoms with Crippen LogP contribution in [0.3, 0.4) is 0 Å². The molecule has 10 rings (SSSR count). The number of nitrogens with zero attached hydrogens (tertiary/aromatic N) is 1. The maximum Gasteiger partial charge on any atom is 0.159 e. The number of hydrogen-bond donors (Lipinski definition) is 0. The van der Waals surface area contributed by atoms with Crippen LogP contribution in [0.1, 0.15) is 30.5 Å². The van der Waals surface area contributed by atoms with Gasteiger partial charge >= 0.3 is 0 Å². The van der Waals surface area contributed by atoms with Crippen LogP contribution >= 0.6 is 0 Å². The van der Waals surface area contributed by atoms with Crippen LogP contribution in [0.2, 0.25) is 0 Å². The van der Waals surface area contributed by atoms with Gasteiger partial charge in [-0.2, -0.15) is 0 Å². The van der Waals surface area contributed by atoms with Crippen LogP contribution in [-0.4, -0.2) is 0 Å². The first-order chi connectivity index (χ1) is 24.5. The zero-order valence-electron chi connectivity index (χ0n) is 28.4. The fraction of sp³-hybridized carbons (Fsp3) is 0.0833. The zero-order valence-corrected chi connectivity index (χ0v) is 28.4. The molecule has 238 valence electrons. The van der Waals surface area contributed by atoms with Crippen molar-refractivity contribution in [2.75, 3.05) is 4.90 Å². The molecule has 0 atom stereocenters. The number of furan rings is 1. The minimum atomic E-state index is -0.104. The van der Waals surface area contributed by atoms with Crippen molar-refractivity contribution in [3.63, 3.8) is 0 Å². The van der Waals surface area contributed by atoms with Crippen LogP contribution in [0.25, 0.3) is 65.7 Å². The van der Waals surface area contributed by atoms with Crippen molar-refractivity contribution in [1.29, 1.82) is 0 Å². The first-order valence-corrected chi connectivity index (χ1v) is 17.4. The Balaban J connectivity index is 1.17. The summed E-state index contributed by atoms with van der Waals surface area (Å²) in [6, 6.07) is 57.4. The average molecular weight is 642 g/mol. The Morgan fingerprint density at radius 3 is 1.80 bits per heavy atom. The third-order valence-electron chi connectivity index (χ3n) is 10.9. The van der Waals surface area contributed by atoms with Crippen molar-refractivity contribution in [2.45, 2.75) is 26.2 Å². The monoisotopic (exact) mass is 641 g/mol. The predicted molar refractivity (Wildman–Crippen MR) is 211 cm³/mol. The molecule has 0 saturated heterocycles. The van der Waals surface area contributed by atoms with E-state index in [0.29, 0.717) is 0 Å². The molecule has 0 unspecified atom stereocenters. The van der Waals surface area contributed by atoms with Gasteiger partial charge in [-0.1, -0.05) is 117 Å². The van der Waals surface area contributed by atoms with E-state index in [0.717, 1.165) is 44.6 Å². The molecular weight excluding hydrogens is 607 g/mol. The Morgan fingerprint density at radius 1 is 0.440 bits per heavy atom. The lowest BCUT2D eigenvalue weighted by Crippen LogP contribution is -2.15. The molecule has 2 heteroatoms. The zero-order chi connectivity index (χ0) is 33.6. The SMILES string of the molecule is Cc1ccccc1-c1cccc2c1oc1c(N(c3ccccc3)c3ccc4cc5c(cc4c3)C(C)(C)c3cc4ccccc4cc3-5)cccc12. The van der Waals surface area contributed by atoms with Gasteiger partial charge in [0.15, 0.2) is 5.58 Å². The summed E-state index contributed by atoms with van der Waals surface area (Å²) < 4.78 is 6.95. The number of hydrogen-bond acceptors (Lipinski definition) is 2. The first kappa shape index (κ1) is 28.9. The summed E-state index contributed by atoms with van der Waals surface area (Å²) in [5.41, 5.74) is 13.9. The molecule has 50 heavy (non-hydrogen) atoms. The van der Waals surface area contributed by atoms with E-state index in [1.54, 1.807) is 0 Å². The number of aryl methyl sites for hydroxylation is 1. The van der Waals surface area contributed by atoms with E-state index in [-0.39, 0.29) is 5.41 Å². The van der Waals surface area contributed by atoms with Gasteiger partial charge in [0, 0.05) is 33.1 Å². The molecular formula is C48H35NO. The van der Waals surface area contributed by atoms with E-state index >= 15 is 0 Å². The van der Waals surface area contributed by atoms with Crippen molar-refractivity contribution in [3.8, 4) is 22.3 Å². The van der Waals surface area contributed by atoms with E-state index in [1.807, 2.05) is 0 Å². The van der Waals surface area contributed by atoms with Crippen LogP contribution < -0.4 is 4.90 Å². The highest BCUT2D eigenvalue weighted by atomic mass is 16.3. The number of fused-ring (bicyclic) bond motifs is 8. The summed E-state index contributed by atoms with van der Waals surface area (Å²) in [5, 5.41) is 7.28. The molecule has 1 heterocycles.